The molecule has 3 heteroatoms. The average Bonchev–Trinajstić information content (AvgIpc) is 3.56. The van der Waals surface area contributed by atoms with Crippen LogP contribution in [-0.2, 0) is 24.2 Å². The maximum Gasteiger partial charge on any atom is -1.00 e. The molecule has 0 amide bonds. The molecule has 2 aromatic rings. The number of halogens is 2. The second kappa shape index (κ2) is 15.0. The van der Waals surface area contributed by atoms with Crippen LogP contribution in [0.25, 0.3) is 0 Å². The standard InChI is InChI=1S/2C15H15.CH2.2ClH.Zr/c2*1-2-6-12(7-3-1)14-10-4-8-13-9-5-11-15(13)14;;;;/h2*1-3,6-7,11,14H,4,8-10H2;1H2;2*1H;/q2*-1;;;;+2/p-2/t2*14-;;;;/m10..../s1. The third-order valence-electron chi connectivity index (χ3n) is 7.06. The van der Waals surface area contributed by atoms with E-state index in [2.05, 4.69) is 89.2 Å². The summed E-state index contributed by atoms with van der Waals surface area (Å²) in [4.78, 5) is 0. The van der Waals surface area contributed by atoms with E-state index >= 15 is 0 Å². The molecule has 2 atom stereocenters. The van der Waals surface area contributed by atoms with Gasteiger partial charge in [-0.25, -0.2) is 12.2 Å². The van der Waals surface area contributed by atoms with Crippen LogP contribution in [0.3, 0.4) is 0 Å². The van der Waals surface area contributed by atoms with E-state index in [1.165, 1.54) is 73.9 Å². The van der Waals surface area contributed by atoms with E-state index in [0.29, 0.717) is 11.8 Å². The van der Waals surface area contributed by atoms with Crippen molar-refractivity contribution in [2.24, 2.45) is 0 Å². The Morgan fingerprint density at radius 3 is 1.38 bits per heavy atom. The molecule has 0 heterocycles. The molecule has 0 saturated carbocycles. The van der Waals surface area contributed by atoms with Crippen molar-refractivity contribution in [3.63, 3.8) is 0 Å². The molecule has 0 spiro atoms. The fourth-order valence-electron chi connectivity index (χ4n) is 5.55. The number of rotatable bonds is 2. The van der Waals surface area contributed by atoms with Crippen molar-refractivity contribution < 1.29 is 49.0 Å². The second-order valence-electron chi connectivity index (χ2n) is 8.88. The van der Waals surface area contributed by atoms with Crippen LogP contribution < -0.4 is 24.8 Å². The van der Waals surface area contributed by atoms with Gasteiger partial charge >= 0.3 is 28.4 Å². The van der Waals surface area contributed by atoms with Gasteiger partial charge in [-0.15, -0.1) is 12.8 Å². The van der Waals surface area contributed by atoms with Gasteiger partial charge in [0.25, 0.3) is 0 Å². The van der Waals surface area contributed by atoms with Crippen LogP contribution in [-0.4, -0.2) is 4.21 Å². The van der Waals surface area contributed by atoms with Crippen molar-refractivity contribution in [1.82, 2.24) is 0 Å². The third-order valence-corrected chi connectivity index (χ3v) is 7.06. The molecule has 4 aliphatic carbocycles. The molecule has 0 aromatic heterocycles. The fourth-order valence-corrected chi connectivity index (χ4v) is 5.55. The molecule has 2 aromatic carbocycles. The molecule has 4 aliphatic rings. The summed E-state index contributed by atoms with van der Waals surface area (Å²) in [7, 11) is 0. The minimum absolute atomic E-state index is 0. The Labute approximate surface area is 233 Å². The van der Waals surface area contributed by atoms with Gasteiger partial charge in [0, 0.05) is 0 Å². The average molecular weight is 567 g/mol. The van der Waals surface area contributed by atoms with Gasteiger partial charge in [0.2, 0.25) is 0 Å². The summed E-state index contributed by atoms with van der Waals surface area (Å²) in [6.45, 7) is 0. The normalized spacial score (nSPS) is 21.7. The molecular weight excluding hydrogens is 534 g/mol. The van der Waals surface area contributed by atoms with Gasteiger partial charge in [-0.3, -0.25) is 12.2 Å². The second-order valence-corrected chi connectivity index (χ2v) is 8.88. The Hall–Kier alpha value is -1.27. The predicted octanol–water partition coefficient (Wildman–Crippen LogP) is 2.00. The van der Waals surface area contributed by atoms with E-state index in [-0.39, 0.29) is 24.8 Å². The van der Waals surface area contributed by atoms with Crippen molar-refractivity contribution in [3.05, 3.63) is 118 Å². The Balaban J connectivity index is 0.000000212. The van der Waals surface area contributed by atoms with Crippen molar-refractivity contribution >= 4 is 4.21 Å². The van der Waals surface area contributed by atoms with Gasteiger partial charge < -0.3 is 24.8 Å². The van der Waals surface area contributed by atoms with Gasteiger partial charge in [0.15, 0.2) is 0 Å². The summed E-state index contributed by atoms with van der Waals surface area (Å²) < 4.78 is 3.34. The number of hydrogen-bond acceptors (Lipinski definition) is 0. The molecule has 0 radical (unpaired) electrons. The van der Waals surface area contributed by atoms with Crippen molar-refractivity contribution in [3.8, 4) is 0 Å². The molecule has 0 nitrogen and oxygen atoms in total. The number of benzene rings is 2. The van der Waals surface area contributed by atoms with Crippen LogP contribution >= 0.6 is 0 Å². The third kappa shape index (κ3) is 6.90. The smallest absolute Gasteiger partial charge is 1.00 e. The molecule has 0 bridgehead atoms. The summed E-state index contributed by atoms with van der Waals surface area (Å²) in [6.07, 6.45) is 21.2. The van der Waals surface area contributed by atoms with Gasteiger partial charge in [-0.1, -0.05) is 109 Å². The monoisotopic (exact) mass is 564 g/mol. The van der Waals surface area contributed by atoms with Gasteiger partial charge in [0.1, 0.15) is 0 Å². The van der Waals surface area contributed by atoms with Crippen LogP contribution in [0.5, 0.6) is 0 Å². The van der Waals surface area contributed by atoms with Crippen LogP contribution in [0.15, 0.2) is 95.1 Å². The first-order chi connectivity index (χ1) is 15.9. The van der Waals surface area contributed by atoms with E-state index in [0.717, 1.165) is 12.8 Å². The van der Waals surface area contributed by atoms with Crippen molar-refractivity contribution in [1.29, 1.82) is 0 Å². The van der Waals surface area contributed by atoms with Gasteiger partial charge in [0.05, 0.1) is 0 Å². The molecule has 0 saturated heterocycles. The first-order valence-electron chi connectivity index (χ1n) is 11.9. The maximum atomic E-state index is 3.36. The molecule has 0 N–H and O–H groups in total. The van der Waals surface area contributed by atoms with Crippen LogP contribution in [0.4, 0.5) is 0 Å². The SMILES string of the molecule is [C-]1=CC2=C(C1)CCC[C@@H]2c1ccccc1.[C-]1=CC2=C(C1)CCC[C@H]2c1ccccc1.[CH2]=[Zr+2].[Cl-].[Cl-]. The summed E-state index contributed by atoms with van der Waals surface area (Å²) in [5, 5.41) is 0. The summed E-state index contributed by atoms with van der Waals surface area (Å²) in [5.74, 6) is 1.29. The molecule has 0 fully saturated rings. The Bertz CT molecular complexity index is 934. The maximum absolute atomic E-state index is 3.36. The van der Waals surface area contributed by atoms with E-state index in [1.54, 1.807) is 22.3 Å². The van der Waals surface area contributed by atoms with E-state index < -0.39 is 0 Å². The summed E-state index contributed by atoms with van der Waals surface area (Å²) >= 11 is 1.30. The number of hydrogen-bond donors (Lipinski definition) is 0. The minimum atomic E-state index is 0. The number of allylic oxidation sites excluding steroid dienone is 8. The van der Waals surface area contributed by atoms with Crippen molar-refractivity contribution in [2.45, 2.75) is 63.2 Å². The predicted molar refractivity (Wildman–Crippen MR) is 132 cm³/mol. The van der Waals surface area contributed by atoms with Crippen LogP contribution in [0.1, 0.15) is 74.3 Å². The van der Waals surface area contributed by atoms with Gasteiger partial charge in [-0.05, 0) is 12.8 Å². The quantitative estimate of drug-likeness (QED) is 0.488. The Kier molecular flexibility index (Phi) is 12.8. The Morgan fingerprint density at radius 1 is 0.618 bits per heavy atom. The molecular formula is C31H32Cl2Zr-2. The molecule has 0 unspecified atom stereocenters. The zero-order chi connectivity index (χ0) is 22.2. The first-order valence-corrected chi connectivity index (χ1v) is 13.7. The van der Waals surface area contributed by atoms with E-state index in [9.17, 15) is 0 Å². The first kappa shape index (κ1) is 29.0. The summed E-state index contributed by atoms with van der Waals surface area (Å²) in [5.41, 5.74) is 9.35. The molecule has 6 rings (SSSR count). The van der Waals surface area contributed by atoms with E-state index in [1.807, 2.05) is 0 Å². The largest absolute Gasteiger partial charge is 1.00 e. The van der Waals surface area contributed by atoms with Crippen LogP contribution in [0, 0.1) is 12.2 Å². The fraction of sp³-hybridized carbons (Fsp3) is 0.323. The zero-order valence-corrected chi connectivity index (χ0v) is 23.7. The molecule has 176 valence electrons. The molecule has 34 heavy (non-hydrogen) atoms. The van der Waals surface area contributed by atoms with E-state index in [4.69, 9.17) is 0 Å². The zero-order valence-electron chi connectivity index (χ0n) is 19.7. The minimum Gasteiger partial charge on any atom is -1.00 e. The van der Waals surface area contributed by atoms with Crippen LogP contribution in [0.2, 0.25) is 0 Å². The topological polar surface area (TPSA) is 0 Å². The van der Waals surface area contributed by atoms with Gasteiger partial charge in [-0.2, -0.15) is 22.3 Å². The Morgan fingerprint density at radius 2 is 1.00 bits per heavy atom. The molecule has 0 aliphatic heterocycles. The van der Waals surface area contributed by atoms with Crippen molar-refractivity contribution in [2.75, 3.05) is 0 Å². The summed E-state index contributed by atoms with van der Waals surface area (Å²) in [6, 6.07) is 21.8.